The lowest BCUT2D eigenvalue weighted by Gasteiger charge is -2.08. The van der Waals surface area contributed by atoms with Crippen LogP contribution in [0.25, 0.3) is 5.57 Å². The zero-order chi connectivity index (χ0) is 20.1. The highest BCUT2D eigenvalue weighted by Crippen LogP contribution is 2.35. The fraction of sp³-hybridized carbons (Fsp3) is 0.304. The number of rotatable bonds is 7. The van der Waals surface area contributed by atoms with E-state index in [0.717, 1.165) is 34.3 Å². The Bertz CT molecular complexity index is 925. The molecule has 1 aliphatic rings. The van der Waals surface area contributed by atoms with Crippen LogP contribution in [-0.2, 0) is 16.0 Å². The van der Waals surface area contributed by atoms with Gasteiger partial charge in [-0.1, -0.05) is 36.4 Å². The first-order chi connectivity index (χ1) is 13.5. The lowest BCUT2D eigenvalue weighted by molar-refractivity contribution is -0.753. The average molecular weight is 380 g/mol. The molecule has 0 saturated heterocycles. The first-order valence-electron chi connectivity index (χ1n) is 9.52. The van der Waals surface area contributed by atoms with E-state index >= 15 is 0 Å². The highest BCUT2D eigenvalue weighted by atomic mass is 16.5. The number of carbonyl (C=O) groups excluding carboxylic acids is 1. The second-order valence-electron chi connectivity index (χ2n) is 6.74. The van der Waals surface area contributed by atoms with Crippen molar-refractivity contribution in [2.45, 2.75) is 26.7 Å². The van der Waals surface area contributed by atoms with E-state index in [0.29, 0.717) is 23.6 Å². The fourth-order valence-corrected chi connectivity index (χ4v) is 3.48. The summed E-state index contributed by atoms with van der Waals surface area (Å²) in [7, 11) is 1.50. The van der Waals surface area contributed by atoms with Gasteiger partial charge in [0.25, 0.3) is 5.71 Å². The summed E-state index contributed by atoms with van der Waals surface area (Å²) < 4.78 is 12.1. The van der Waals surface area contributed by atoms with E-state index in [1.54, 1.807) is 6.92 Å². The maximum Gasteiger partial charge on any atom is 0.345 e. The number of carbonyl (C=O) groups is 1. The van der Waals surface area contributed by atoms with Crippen LogP contribution < -0.4 is 4.74 Å². The molecular formula is C23H26NO4+. The number of aryl methyl sites for hydroxylation is 1. The Morgan fingerprint density at radius 1 is 1.11 bits per heavy atom. The van der Waals surface area contributed by atoms with Crippen LogP contribution in [0.5, 0.6) is 5.75 Å². The molecule has 0 atom stereocenters. The molecule has 0 spiro atoms. The Morgan fingerprint density at radius 3 is 2.54 bits per heavy atom. The second kappa shape index (κ2) is 8.74. The molecule has 0 heterocycles. The molecule has 0 unspecified atom stereocenters. The van der Waals surface area contributed by atoms with Gasteiger partial charge in [0.15, 0.2) is 7.05 Å². The van der Waals surface area contributed by atoms with Crippen LogP contribution >= 0.6 is 0 Å². The Labute approximate surface area is 165 Å². The third kappa shape index (κ3) is 4.09. The summed E-state index contributed by atoms with van der Waals surface area (Å²) in [5, 5.41) is 10.1. The van der Waals surface area contributed by atoms with E-state index in [1.807, 2.05) is 43.3 Å². The van der Waals surface area contributed by atoms with Crippen molar-refractivity contribution in [3.63, 3.8) is 0 Å². The molecule has 2 aromatic carbocycles. The minimum atomic E-state index is -0.433. The van der Waals surface area contributed by atoms with Gasteiger partial charge in [0, 0.05) is 0 Å². The zero-order valence-corrected chi connectivity index (χ0v) is 16.6. The minimum absolute atomic E-state index is 0.282. The van der Waals surface area contributed by atoms with Crippen molar-refractivity contribution < 1.29 is 24.2 Å². The summed E-state index contributed by atoms with van der Waals surface area (Å²) in [5.41, 5.74) is 4.59. The number of hydrogen-bond donors (Lipinski definition) is 1. The molecule has 0 aliphatic heterocycles. The van der Waals surface area contributed by atoms with E-state index in [1.165, 1.54) is 12.6 Å². The third-order valence-corrected chi connectivity index (χ3v) is 4.79. The molecule has 1 N–H and O–H groups in total. The van der Waals surface area contributed by atoms with Crippen LogP contribution in [0.3, 0.4) is 0 Å². The monoisotopic (exact) mass is 380 g/mol. The van der Waals surface area contributed by atoms with Gasteiger partial charge < -0.3 is 9.47 Å². The van der Waals surface area contributed by atoms with Crippen molar-refractivity contribution in [2.24, 2.45) is 0 Å². The van der Waals surface area contributed by atoms with Gasteiger partial charge in [-0.05, 0) is 60.3 Å². The largest absolute Gasteiger partial charge is 0.494 e. The first-order valence-corrected chi connectivity index (χ1v) is 9.52. The van der Waals surface area contributed by atoms with Crippen LogP contribution in [0, 0.1) is 0 Å². The lowest BCUT2D eigenvalue weighted by Crippen LogP contribution is -2.22. The van der Waals surface area contributed by atoms with Crippen molar-refractivity contribution in [1.29, 1.82) is 0 Å². The molecule has 0 saturated carbocycles. The Kier molecular flexibility index (Phi) is 6.14. The Balaban J connectivity index is 1.74. The summed E-state index contributed by atoms with van der Waals surface area (Å²) >= 11 is 0. The molecule has 146 valence electrons. The predicted molar refractivity (Wildman–Crippen MR) is 108 cm³/mol. The number of benzene rings is 2. The average Bonchev–Trinajstić information content (AvgIpc) is 2.98. The van der Waals surface area contributed by atoms with Crippen molar-refractivity contribution in [3.05, 3.63) is 70.8 Å². The van der Waals surface area contributed by atoms with Crippen LogP contribution in [0.2, 0.25) is 0 Å². The molecule has 5 heteroatoms. The Morgan fingerprint density at radius 2 is 1.86 bits per heavy atom. The van der Waals surface area contributed by atoms with Crippen molar-refractivity contribution in [3.8, 4) is 5.75 Å². The number of nitrogens with zero attached hydrogens (tertiary/aromatic N) is 1. The van der Waals surface area contributed by atoms with Gasteiger partial charge in [0.05, 0.1) is 18.8 Å². The standard InChI is InChI=1S/C23H26NO4/c1-4-27-23(25)21-16(2)19-13-12-18(15-20(19)22(21)24(3)26)28-14-8-11-17-9-6-5-7-10-17/h5-7,9-10,12-13,15,26H,4,8,11,14H2,1-3H3/q+1. The van der Waals surface area contributed by atoms with Gasteiger partial charge in [-0.2, -0.15) is 0 Å². The van der Waals surface area contributed by atoms with Crippen LogP contribution in [0.4, 0.5) is 0 Å². The van der Waals surface area contributed by atoms with Crippen LogP contribution in [0.15, 0.2) is 54.1 Å². The highest BCUT2D eigenvalue weighted by molar-refractivity contribution is 6.33. The zero-order valence-electron chi connectivity index (χ0n) is 16.6. The number of hydrogen-bond acceptors (Lipinski definition) is 4. The lowest BCUT2D eigenvalue weighted by atomic mass is 10.1. The molecule has 0 fully saturated rings. The van der Waals surface area contributed by atoms with E-state index < -0.39 is 5.97 Å². The van der Waals surface area contributed by atoms with Crippen molar-refractivity contribution in [1.82, 2.24) is 0 Å². The van der Waals surface area contributed by atoms with E-state index in [2.05, 4.69) is 12.1 Å². The smallest absolute Gasteiger partial charge is 0.345 e. The third-order valence-electron chi connectivity index (χ3n) is 4.79. The molecule has 2 aromatic rings. The molecule has 28 heavy (non-hydrogen) atoms. The number of fused-ring (bicyclic) bond motifs is 1. The topological polar surface area (TPSA) is 58.8 Å². The maximum absolute atomic E-state index is 12.4. The number of allylic oxidation sites excluding steroid dienone is 1. The van der Waals surface area contributed by atoms with Crippen molar-refractivity contribution in [2.75, 3.05) is 20.3 Å². The molecular weight excluding hydrogens is 354 g/mol. The maximum atomic E-state index is 12.4. The number of ether oxygens (including phenoxy) is 2. The van der Waals surface area contributed by atoms with Gasteiger partial charge in [0.1, 0.15) is 11.3 Å². The normalized spacial score (nSPS) is 14.7. The van der Waals surface area contributed by atoms with Gasteiger partial charge in [-0.15, -0.1) is 0 Å². The summed E-state index contributed by atoms with van der Waals surface area (Å²) in [6.45, 7) is 4.50. The van der Waals surface area contributed by atoms with Gasteiger partial charge in [-0.3, -0.25) is 5.21 Å². The van der Waals surface area contributed by atoms with Gasteiger partial charge in [0.2, 0.25) is 0 Å². The molecule has 5 nitrogen and oxygen atoms in total. The van der Waals surface area contributed by atoms with Gasteiger partial charge in [-0.25, -0.2) is 4.79 Å². The number of esters is 1. The van der Waals surface area contributed by atoms with E-state index in [-0.39, 0.29) is 6.61 Å². The Hall–Kier alpha value is -3.08. The predicted octanol–water partition coefficient (Wildman–Crippen LogP) is 3.87. The molecule has 3 rings (SSSR count). The summed E-state index contributed by atoms with van der Waals surface area (Å²) in [6, 6.07) is 16.0. The second-order valence-corrected chi connectivity index (χ2v) is 6.74. The van der Waals surface area contributed by atoms with Gasteiger partial charge >= 0.3 is 5.97 Å². The SMILES string of the molecule is CCOC(=O)C1=C(C)c2ccc(OCCCc3ccccc3)cc2C1=[N+](C)O. The van der Waals surface area contributed by atoms with Crippen LogP contribution in [0.1, 0.15) is 37.0 Å². The molecule has 0 aromatic heterocycles. The van der Waals surface area contributed by atoms with E-state index in [9.17, 15) is 10.0 Å². The quantitative estimate of drug-likeness (QED) is 0.260. The minimum Gasteiger partial charge on any atom is -0.494 e. The first kappa shape index (κ1) is 19.7. The summed E-state index contributed by atoms with van der Waals surface area (Å²) in [4.78, 5) is 12.4. The number of hydroxylamine groups is 1. The molecule has 0 amide bonds. The molecule has 0 radical (unpaired) electrons. The van der Waals surface area contributed by atoms with Crippen molar-refractivity contribution >= 4 is 17.3 Å². The summed E-state index contributed by atoms with van der Waals surface area (Å²) in [6.07, 6.45) is 1.86. The fourth-order valence-electron chi connectivity index (χ4n) is 3.48. The molecule has 1 aliphatic carbocycles. The highest BCUT2D eigenvalue weighted by Gasteiger charge is 2.38. The molecule has 0 bridgehead atoms. The summed E-state index contributed by atoms with van der Waals surface area (Å²) in [5.74, 6) is 0.279. The van der Waals surface area contributed by atoms with E-state index in [4.69, 9.17) is 9.47 Å². The van der Waals surface area contributed by atoms with Crippen LogP contribution in [-0.4, -0.2) is 41.9 Å².